The van der Waals surface area contributed by atoms with E-state index >= 15 is 0 Å². The highest BCUT2D eigenvalue weighted by molar-refractivity contribution is 7.07. The minimum absolute atomic E-state index is 0.136. The van der Waals surface area contributed by atoms with E-state index in [-0.39, 0.29) is 11.5 Å². The molecule has 0 spiro atoms. The number of methoxy groups -OCH3 is 1. The molecular formula is C36H35N3O4S. The number of hydrogen-bond acceptors (Lipinski definition) is 6. The van der Waals surface area contributed by atoms with E-state index in [2.05, 4.69) is 0 Å². The lowest BCUT2D eigenvalue weighted by molar-refractivity contribution is -0.127. The number of amides is 1. The van der Waals surface area contributed by atoms with Crippen LogP contribution >= 0.6 is 11.3 Å². The van der Waals surface area contributed by atoms with Gasteiger partial charge in [-0.1, -0.05) is 72.0 Å². The summed E-state index contributed by atoms with van der Waals surface area (Å²) in [5.74, 6) is 1.28. The minimum Gasteiger partial charge on any atom is -0.496 e. The van der Waals surface area contributed by atoms with Crippen LogP contribution in [0, 0.1) is 0 Å². The van der Waals surface area contributed by atoms with E-state index in [9.17, 15) is 9.59 Å². The van der Waals surface area contributed by atoms with Crippen molar-refractivity contribution in [3.05, 3.63) is 115 Å². The SMILES string of the molecule is CCOc1ccc(/C=c2/sc3n(c2=O)[C@@H](c2c(OC)ccc4ccccc24)C(C(=O)N(CC)CC)=C(C)N=3)c2ccccc12. The van der Waals surface area contributed by atoms with Gasteiger partial charge in [-0.25, -0.2) is 4.99 Å². The van der Waals surface area contributed by atoms with E-state index in [1.165, 1.54) is 11.3 Å². The molecule has 1 aromatic heterocycles. The van der Waals surface area contributed by atoms with Crippen LogP contribution < -0.4 is 24.4 Å². The molecule has 1 atom stereocenters. The highest BCUT2D eigenvalue weighted by atomic mass is 32.1. The first-order chi connectivity index (χ1) is 21.4. The maximum Gasteiger partial charge on any atom is 0.271 e. The lowest BCUT2D eigenvalue weighted by Gasteiger charge is -2.30. The molecule has 0 N–H and O–H groups in total. The fraction of sp³-hybridized carbons (Fsp3) is 0.250. The molecule has 1 aliphatic heterocycles. The van der Waals surface area contributed by atoms with Crippen molar-refractivity contribution in [2.45, 2.75) is 33.7 Å². The molecule has 1 aliphatic rings. The minimum atomic E-state index is -0.723. The Morgan fingerprint density at radius 1 is 0.932 bits per heavy atom. The van der Waals surface area contributed by atoms with Crippen molar-refractivity contribution >= 4 is 44.9 Å². The maximum absolute atomic E-state index is 14.5. The van der Waals surface area contributed by atoms with Crippen molar-refractivity contribution in [2.24, 2.45) is 4.99 Å². The Hall–Kier alpha value is -4.69. The molecule has 7 nitrogen and oxygen atoms in total. The van der Waals surface area contributed by atoms with Crippen molar-refractivity contribution in [2.75, 3.05) is 26.8 Å². The number of thiazole rings is 1. The Bertz CT molecular complexity index is 2120. The molecule has 0 saturated carbocycles. The average Bonchev–Trinajstić information content (AvgIpc) is 3.35. The quantitative estimate of drug-likeness (QED) is 0.224. The van der Waals surface area contributed by atoms with E-state index in [1.54, 1.807) is 16.6 Å². The van der Waals surface area contributed by atoms with Crippen LogP contribution in [0.25, 0.3) is 27.6 Å². The van der Waals surface area contributed by atoms with E-state index in [1.807, 2.05) is 107 Å². The van der Waals surface area contributed by atoms with Gasteiger partial charge in [0.05, 0.1) is 29.5 Å². The fourth-order valence-corrected chi connectivity index (χ4v) is 7.17. The molecule has 1 amide bonds. The number of carbonyl (C=O) groups excluding carboxylic acids is 1. The van der Waals surface area contributed by atoms with Crippen molar-refractivity contribution in [1.82, 2.24) is 9.47 Å². The Labute approximate surface area is 260 Å². The summed E-state index contributed by atoms with van der Waals surface area (Å²) in [5.41, 5.74) is 2.55. The summed E-state index contributed by atoms with van der Waals surface area (Å²) in [6.07, 6.45) is 1.92. The normalized spacial score (nSPS) is 14.9. The van der Waals surface area contributed by atoms with Gasteiger partial charge in [0.2, 0.25) is 0 Å². The third kappa shape index (κ3) is 4.89. The van der Waals surface area contributed by atoms with Crippen LogP contribution in [0.15, 0.2) is 93.9 Å². The van der Waals surface area contributed by atoms with Crippen LogP contribution in [0.2, 0.25) is 0 Å². The van der Waals surface area contributed by atoms with Gasteiger partial charge in [0.25, 0.3) is 11.5 Å². The molecule has 0 unspecified atom stereocenters. The predicted molar refractivity (Wildman–Crippen MR) is 177 cm³/mol. The van der Waals surface area contributed by atoms with Crippen molar-refractivity contribution in [3.63, 3.8) is 0 Å². The first-order valence-electron chi connectivity index (χ1n) is 14.9. The molecule has 6 rings (SSSR count). The molecular weight excluding hydrogens is 570 g/mol. The topological polar surface area (TPSA) is 73.1 Å². The monoisotopic (exact) mass is 605 g/mol. The summed E-state index contributed by atoms with van der Waals surface area (Å²) in [5, 5.41) is 3.89. The zero-order chi connectivity index (χ0) is 31.0. The number of nitrogens with zero attached hydrogens (tertiary/aromatic N) is 3. The van der Waals surface area contributed by atoms with Crippen LogP contribution in [-0.2, 0) is 4.79 Å². The lowest BCUT2D eigenvalue weighted by atomic mass is 9.90. The van der Waals surface area contributed by atoms with Crippen LogP contribution in [0.3, 0.4) is 0 Å². The van der Waals surface area contributed by atoms with E-state index < -0.39 is 6.04 Å². The Morgan fingerprint density at radius 3 is 2.32 bits per heavy atom. The second kappa shape index (κ2) is 12.1. The molecule has 5 aromatic rings. The highest BCUT2D eigenvalue weighted by Crippen LogP contribution is 2.40. The molecule has 0 fully saturated rings. The van der Waals surface area contributed by atoms with E-state index in [4.69, 9.17) is 14.5 Å². The zero-order valence-electron chi connectivity index (χ0n) is 25.6. The van der Waals surface area contributed by atoms with Gasteiger partial charge >= 0.3 is 0 Å². The number of likely N-dealkylation sites (N-methyl/N-ethyl adjacent to an activating group) is 1. The molecule has 0 saturated heterocycles. The van der Waals surface area contributed by atoms with Crippen molar-refractivity contribution in [3.8, 4) is 11.5 Å². The van der Waals surface area contributed by atoms with E-state index in [0.717, 1.165) is 38.4 Å². The summed E-state index contributed by atoms with van der Waals surface area (Å²) < 4.78 is 14.0. The van der Waals surface area contributed by atoms with Gasteiger partial charge in [-0.3, -0.25) is 14.2 Å². The molecule has 4 aromatic carbocycles. The van der Waals surface area contributed by atoms with Gasteiger partial charge in [0, 0.05) is 24.0 Å². The number of carbonyl (C=O) groups is 1. The van der Waals surface area contributed by atoms with Crippen LogP contribution in [0.5, 0.6) is 11.5 Å². The number of benzene rings is 4. The number of hydrogen-bond donors (Lipinski definition) is 0. The van der Waals surface area contributed by atoms with Crippen molar-refractivity contribution < 1.29 is 14.3 Å². The molecule has 44 heavy (non-hydrogen) atoms. The first-order valence-corrected chi connectivity index (χ1v) is 15.7. The zero-order valence-corrected chi connectivity index (χ0v) is 26.4. The third-order valence-electron chi connectivity index (χ3n) is 8.23. The molecule has 224 valence electrons. The summed E-state index contributed by atoms with van der Waals surface area (Å²) in [7, 11) is 1.62. The highest BCUT2D eigenvalue weighted by Gasteiger charge is 2.36. The number of allylic oxidation sites excluding steroid dienone is 1. The smallest absolute Gasteiger partial charge is 0.271 e. The lowest BCUT2D eigenvalue weighted by Crippen LogP contribution is -2.43. The van der Waals surface area contributed by atoms with Gasteiger partial charge in [-0.2, -0.15) is 0 Å². The molecule has 8 heteroatoms. The second-order valence-corrected chi connectivity index (χ2v) is 11.6. The van der Waals surface area contributed by atoms with Crippen molar-refractivity contribution in [1.29, 1.82) is 0 Å². The molecule has 0 bridgehead atoms. The number of aromatic nitrogens is 1. The molecule has 0 radical (unpaired) electrons. The number of fused-ring (bicyclic) bond motifs is 3. The number of rotatable bonds is 8. The molecule has 0 aliphatic carbocycles. The average molecular weight is 606 g/mol. The summed E-state index contributed by atoms with van der Waals surface area (Å²) in [4.78, 5) is 35.9. The van der Waals surface area contributed by atoms with Gasteiger partial charge in [-0.15, -0.1) is 0 Å². The maximum atomic E-state index is 14.5. The van der Waals surface area contributed by atoms with Crippen LogP contribution in [0.1, 0.15) is 44.9 Å². The second-order valence-electron chi connectivity index (χ2n) is 10.6. The summed E-state index contributed by atoms with van der Waals surface area (Å²) >= 11 is 1.33. The fourth-order valence-electron chi connectivity index (χ4n) is 6.13. The Balaban J connectivity index is 1.65. The largest absolute Gasteiger partial charge is 0.496 e. The van der Waals surface area contributed by atoms with Crippen LogP contribution in [-0.4, -0.2) is 42.2 Å². The summed E-state index contributed by atoms with van der Waals surface area (Å²) in [6.45, 7) is 9.39. The Morgan fingerprint density at radius 2 is 1.61 bits per heavy atom. The molecule has 2 heterocycles. The van der Waals surface area contributed by atoms with Gasteiger partial charge in [-0.05, 0) is 67.6 Å². The summed E-state index contributed by atoms with van der Waals surface area (Å²) in [6, 6.07) is 23.1. The van der Waals surface area contributed by atoms with Gasteiger partial charge in [0.1, 0.15) is 17.5 Å². The van der Waals surface area contributed by atoms with Gasteiger partial charge < -0.3 is 14.4 Å². The number of ether oxygens (including phenoxy) is 2. The Kier molecular flexibility index (Phi) is 8.10. The first kappa shape index (κ1) is 29.4. The predicted octanol–water partition coefficient (Wildman–Crippen LogP) is 5.82. The standard InChI is InChI=1S/C36H35N3O4S/c1-6-38(7-2)35(41)31-22(4)37-36-39(33(31)32-26-15-10-9-13-23(26)17-20-29(32)42-5)34(40)30(44-36)21-24-18-19-28(43-8-3)27-16-12-11-14-25(24)27/h9-21,33H,6-8H2,1-5H3/b30-21+/t33-/m1/s1. The third-order valence-corrected chi connectivity index (χ3v) is 9.21. The van der Waals surface area contributed by atoms with E-state index in [0.29, 0.717) is 46.0 Å². The van der Waals surface area contributed by atoms with Gasteiger partial charge in [0.15, 0.2) is 4.80 Å². The van der Waals surface area contributed by atoms with Crippen LogP contribution in [0.4, 0.5) is 0 Å².